The van der Waals surface area contributed by atoms with Crippen LogP contribution >= 0.6 is 11.6 Å². The fourth-order valence-corrected chi connectivity index (χ4v) is 5.13. The molecule has 1 amide bonds. The first kappa shape index (κ1) is 23.9. The van der Waals surface area contributed by atoms with Gasteiger partial charge in [0.2, 0.25) is 0 Å². The number of benzene rings is 2. The van der Waals surface area contributed by atoms with Gasteiger partial charge in [-0.15, -0.1) is 0 Å². The Morgan fingerprint density at radius 1 is 1.15 bits per heavy atom. The van der Waals surface area contributed by atoms with Crippen molar-refractivity contribution in [2.24, 2.45) is 0 Å². The average molecular weight is 473 g/mol. The normalized spacial score (nSPS) is 17.9. The van der Waals surface area contributed by atoms with E-state index < -0.39 is 11.5 Å². The monoisotopic (exact) mass is 472 g/mol. The molecule has 0 radical (unpaired) electrons. The van der Waals surface area contributed by atoms with E-state index in [2.05, 4.69) is 39.5 Å². The summed E-state index contributed by atoms with van der Waals surface area (Å²) in [5.41, 5.74) is 3.62. The zero-order chi connectivity index (χ0) is 24.0. The molecule has 2 aromatic carbocycles. The number of fused-ring (bicyclic) bond motifs is 2. The quantitative estimate of drug-likeness (QED) is 0.608. The Hall–Kier alpha value is -2.28. The fourth-order valence-electron chi connectivity index (χ4n) is 4.92. The summed E-state index contributed by atoms with van der Waals surface area (Å²) in [5, 5.41) is 10.8. The van der Waals surface area contributed by atoms with Crippen LogP contribution in [0, 0.1) is 0 Å². The number of ether oxygens (including phenoxy) is 2. The Kier molecular flexibility index (Phi) is 6.38. The second-order valence-electron chi connectivity index (χ2n) is 10.3. The first-order valence-electron chi connectivity index (χ1n) is 11.4. The highest BCUT2D eigenvalue weighted by atomic mass is 35.5. The van der Waals surface area contributed by atoms with Crippen LogP contribution in [0.25, 0.3) is 0 Å². The summed E-state index contributed by atoms with van der Waals surface area (Å²) in [6.45, 7) is 15.3. The summed E-state index contributed by atoms with van der Waals surface area (Å²) in [5.74, 6) is 0.658. The highest BCUT2D eigenvalue weighted by Crippen LogP contribution is 2.53. The van der Waals surface area contributed by atoms with Crippen molar-refractivity contribution in [3.8, 4) is 5.75 Å². The first-order chi connectivity index (χ1) is 15.5. The molecule has 0 bridgehead atoms. The van der Waals surface area contributed by atoms with Crippen LogP contribution in [0.5, 0.6) is 5.75 Å². The van der Waals surface area contributed by atoms with Gasteiger partial charge in [0, 0.05) is 36.1 Å². The molecule has 0 saturated carbocycles. The van der Waals surface area contributed by atoms with E-state index in [4.69, 9.17) is 21.1 Å². The van der Waals surface area contributed by atoms with E-state index in [0.29, 0.717) is 28.8 Å². The molecule has 0 aliphatic carbocycles. The lowest BCUT2D eigenvalue weighted by atomic mass is 9.68. The molecule has 1 N–H and O–H groups in total. The number of morpholine rings is 1. The van der Waals surface area contributed by atoms with Crippen molar-refractivity contribution in [3.05, 3.63) is 52.0 Å². The van der Waals surface area contributed by atoms with Gasteiger partial charge in [-0.2, -0.15) is 0 Å². The van der Waals surface area contributed by atoms with Gasteiger partial charge in [-0.05, 0) is 40.3 Å². The van der Waals surface area contributed by atoms with Gasteiger partial charge in [0.25, 0.3) is 0 Å². The van der Waals surface area contributed by atoms with Gasteiger partial charge in [-0.3, -0.25) is 4.90 Å². The fraction of sp³-hybridized carbons (Fsp3) is 0.500. The maximum Gasteiger partial charge on any atom is 0.416 e. The lowest BCUT2D eigenvalue weighted by molar-refractivity contribution is 0.0322. The summed E-state index contributed by atoms with van der Waals surface area (Å²) in [7, 11) is 0. The predicted octanol–water partition coefficient (Wildman–Crippen LogP) is 5.80. The number of nitrogens with zero attached hydrogens (tertiary/aromatic N) is 2. The summed E-state index contributed by atoms with van der Waals surface area (Å²) < 4.78 is 11.4. The molecule has 2 aromatic rings. The van der Waals surface area contributed by atoms with Gasteiger partial charge >= 0.3 is 6.09 Å². The van der Waals surface area contributed by atoms with Crippen molar-refractivity contribution in [3.63, 3.8) is 0 Å². The largest absolute Gasteiger partial charge is 0.492 e. The van der Waals surface area contributed by atoms with E-state index in [1.54, 1.807) is 6.07 Å². The molecule has 0 unspecified atom stereocenters. The minimum Gasteiger partial charge on any atom is -0.492 e. The smallest absolute Gasteiger partial charge is 0.416 e. The molecule has 1 fully saturated rings. The molecule has 2 aliphatic rings. The molecule has 2 aliphatic heterocycles. The third-order valence-electron chi connectivity index (χ3n) is 6.61. The van der Waals surface area contributed by atoms with Crippen LogP contribution in [0.2, 0.25) is 5.02 Å². The topological polar surface area (TPSA) is 62.2 Å². The van der Waals surface area contributed by atoms with Crippen LogP contribution in [0.3, 0.4) is 0 Å². The van der Waals surface area contributed by atoms with E-state index in [-0.39, 0.29) is 5.41 Å². The van der Waals surface area contributed by atoms with Gasteiger partial charge in [0.05, 0.1) is 24.6 Å². The molecular formula is C26H33ClN2O4. The van der Waals surface area contributed by atoms with Gasteiger partial charge in [-0.1, -0.05) is 52.3 Å². The zero-order valence-corrected chi connectivity index (χ0v) is 20.8. The molecule has 0 aromatic heterocycles. The van der Waals surface area contributed by atoms with E-state index >= 15 is 0 Å². The third-order valence-corrected chi connectivity index (χ3v) is 6.83. The lowest BCUT2D eigenvalue weighted by Gasteiger charge is -2.43. The number of anilines is 2. The Morgan fingerprint density at radius 2 is 1.85 bits per heavy atom. The van der Waals surface area contributed by atoms with E-state index in [9.17, 15) is 9.90 Å². The number of amides is 1. The molecule has 7 heteroatoms. The summed E-state index contributed by atoms with van der Waals surface area (Å²) in [4.78, 5) is 16.2. The first-order valence-corrected chi connectivity index (χ1v) is 11.8. The van der Waals surface area contributed by atoms with Gasteiger partial charge in [0.15, 0.2) is 0 Å². The van der Waals surface area contributed by atoms with Crippen molar-refractivity contribution in [1.82, 2.24) is 4.90 Å². The van der Waals surface area contributed by atoms with Crippen LogP contribution in [0.15, 0.2) is 30.3 Å². The van der Waals surface area contributed by atoms with Crippen molar-refractivity contribution in [2.45, 2.75) is 45.4 Å². The number of rotatable bonds is 4. The van der Waals surface area contributed by atoms with E-state index in [0.717, 1.165) is 49.5 Å². The van der Waals surface area contributed by atoms with E-state index in [1.165, 1.54) is 4.90 Å². The molecule has 0 atom stereocenters. The standard InChI is InChI=1S/C26H33ClN2O4/c1-25(2,3)20-14-17(27)15-22-23(20)26(4,5)19-7-6-18(16-21(19)29(22)24(30)31)33-13-10-28-8-11-32-12-9-28/h6-7,14-16H,8-13H2,1-5H3,(H,30,31). The van der Waals surface area contributed by atoms with Crippen LogP contribution in [-0.4, -0.2) is 55.6 Å². The Labute approximate surface area is 201 Å². The Morgan fingerprint density at radius 3 is 2.48 bits per heavy atom. The molecular weight excluding hydrogens is 440 g/mol. The van der Waals surface area contributed by atoms with Gasteiger partial charge in [0.1, 0.15) is 12.4 Å². The second kappa shape index (κ2) is 8.82. The SMILES string of the molecule is CC(C)(C)c1cc(Cl)cc2c1C(C)(C)c1ccc(OCCN3CCOCC3)cc1N2C(=O)O. The molecule has 2 heterocycles. The minimum absolute atomic E-state index is 0.198. The van der Waals surface area contributed by atoms with Crippen LogP contribution in [-0.2, 0) is 15.6 Å². The maximum absolute atomic E-state index is 12.5. The lowest BCUT2D eigenvalue weighted by Crippen LogP contribution is -2.39. The highest BCUT2D eigenvalue weighted by molar-refractivity contribution is 6.31. The summed E-state index contributed by atoms with van der Waals surface area (Å²) in [6.07, 6.45) is -1.04. The molecule has 4 rings (SSSR count). The number of carboxylic acid groups (broad SMARTS) is 1. The van der Waals surface area contributed by atoms with Gasteiger partial charge in [-0.25, -0.2) is 9.69 Å². The van der Waals surface area contributed by atoms with Crippen molar-refractivity contribution >= 4 is 29.1 Å². The number of halogens is 1. The third kappa shape index (κ3) is 4.57. The average Bonchev–Trinajstić information content (AvgIpc) is 2.73. The molecule has 33 heavy (non-hydrogen) atoms. The Bertz CT molecular complexity index is 1050. The van der Waals surface area contributed by atoms with Crippen LogP contribution in [0.1, 0.15) is 51.3 Å². The molecule has 178 valence electrons. The Balaban J connectivity index is 1.73. The number of carbonyl (C=O) groups is 1. The van der Waals surface area contributed by atoms with Crippen molar-refractivity contribution in [2.75, 3.05) is 44.4 Å². The van der Waals surface area contributed by atoms with E-state index in [1.807, 2.05) is 24.3 Å². The maximum atomic E-state index is 12.5. The molecule has 0 spiro atoms. The van der Waals surface area contributed by atoms with Crippen molar-refractivity contribution < 1.29 is 19.4 Å². The predicted molar refractivity (Wildman–Crippen MR) is 132 cm³/mol. The minimum atomic E-state index is -1.04. The molecule has 6 nitrogen and oxygen atoms in total. The second-order valence-corrected chi connectivity index (χ2v) is 10.8. The van der Waals surface area contributed by atoms with Crippen molar-refractivity contribution in [1.29, 1.82) is 0 Å². The summed E-state index contributed by atoms with van der Waals surface area (Å²) >= 11 is 6.49. The number of hydrogen-bond acceptors (Lipinski definition) is 4. The molecule has 1 saturated heterocycles. The highest BCUT2D eigenvalue weighted by Gasteiger charge is 2.42. The van der Waals surface area contributed by atoms with Crippen LogP contribution < -0.4 is 9.64 Å². The zero-order valence-electron chi connectivity index (χ0n) is 20.1. The van der Waals surface area contributed by atoms with Gasteiger partial charge < -0.3 is 14.6 Å². The summed E-state index contributed by atoms with van der Waals surface area (Å²) in [6, 6.07) is 9.51. The van der Waals surface area contributed by atoms with Crippen LogP contribution in [0.4, 0.5) is 16.2 Å². The number of hydrogen-bond donors (Lipinski definition) is 1.